The summed E-state index contributed by atoms with van der Waals surface area (Å²) >= 11 is 5.98. The Morgan fingerprint density at radius 1 is 0.769 bits per heavy atom. The van der Waals surface area contributed by atoms with Crippen molar-refractivity contribution in [3.05, 3.63) is 108 Å². The Morgan fingerprint density at radius 2 is 1.36 bits per heavy atom. The first kappa shape index (κ1) is 28.0. The van der Waals surface area contributed by atoms with Crippen LogP contribution in [0.15, 0.2) is 113 Å². The lowest BCUT2D eigenvalue weighted by Crippen LogP contribution is -2.38. The zero-order valence-electron chi connectivity index (χ0n) is 20.6. The first-order valence-electron chi connectivity index (χ1n) is 11.5. The van der Waals surface area contributed by atoms with Gasteiger partial charge in [0.1, 0.15) is 12.3 Å². The number of hydrogen-bond acceptors (Lipinski definition) is 6. The molecule has 0 aliphatic carbocycles. The van der Waals surface area contributed by atoms with Crippen molar-refractivity contribution in [1.29, 1.82) is 0 Å². The van der Waals surface area contributed by atoms with Crippen molar-refractivity contribution in [2.75, 3.05) is 28.0 Å². The van der Waals surface area contributed by atoms with E-state index in [0.29, 0.717) is 16.5 Å². The van der Waals surface area contributed by atoms with Gasteiger partial charge in [0.2, 0.25) is 5.91 Å². The minimum Gasteiger partial charge on any atom is -0.497 e. The molecule has 0 saturated carbocycles. The van der Waals surface area contributed by atoms with Crippen LogP contribution in [-0.2, 0) is 24.8 Å². The summed E-state index contributed by atoms with van der Waals surface area (Å²) in [7, 11) is -6.52. The Kier molecular flexibility index (Phi) is 8.44. The standard InChI is InChI=1S/C27H24ClN3O6S2/c1-37-24-13-17-26(18-14-24)39(35,36)31(23-11-7-20(28)8-12-23)19-27(32)29-21-9-15-25(16-10-21)38(33,34)30-22-5-3-2-4-6-22/h2-18,30H,19H2,1H3,(H,29,32). The number of hydrogen-bond donors (Lipinski definition) is 2. The normalized spacial score (nSPS) is 11.4. The Morgan fingerprint density at radius 3 is 1.95 bits per heavy atom. The van der Waals surface area contributed by atoms with Crippen LogP contribution in [0.4, 0.5) is 17.1 Å². The van der Waals surface area contributed by atoms with Crippen molar-refractivity contribution in [3.8, 4) is 5.75 Å². The SMILES string of the molecule is COc1ccc(S(=O)(=O)N(CC(=O)Nc2ccc(S(=O)(=O)Nc3ccccc3)cc2)c2ccc(Cl)cc2)cc1. The number of halogens is 1. The first-order chi connectivity index (χ1) is 18.6. The number of amides is 1. The smallest absolute Gasteiger partial charge is 0.264 e. The van der Waals surface area contributed by atoms with Crippen molar-refractivity contribution >= 4 is 54.6 Å². The molecule has 12 heteroatoms. The van der Waals surface area contributed by atoms with E-state index in [0.717, 1.165) is 4.31 Å². The van der Waals surface area contributed by atoms with Gasteiger partial charge in [0.25, 0.3) is 20.0 Å². The highest BCUT2D eigenvalue weighted by Crippen LogP contribution is 2.27. The van der Waals surface area contributed by atoms with Crippen LogP contribution in [0.25, 0.3) is 0 Å². The molecule has 39 heavy (non-hydrogen) atoms. The number of para-hydroxylation sites is 1. The van der Waals surface area contributed by atoms with E-state index in [-0.39, 0.29) is 21.2 Å². The number of nitrogens with zero attached hydrogens (tertiary/aromatic N) is 1. The van der Waals surface area contributed by atoms with Crippen molar-refractivity contribution in [2.24, 2.45) is 0 Å². The Hall–Kier alpha value is -4.06. The van der Waals surface area contributed by atoms with Crippen molar-refractivity contribution < 1.29 is 26.4 Å². The molecule has 9 nitrogen and oxygen atoms in total. The number of benzene rings is 4. The fourth-order valence-corrected chi connectivity index (χ4v) is 6.17. The average Bonchev–Trinajstić information content (AvgIpc) is 2.93. The summed E-state index contributed by atoms with van der Waals surface area (Å²) < 4.78 is 60.9. The molecule has 202 valence electrons. The molecule has 0 unspecified atom stereocenters. The second-order valence-corrected chi connectivity index (χ2v) is 12.2. The van der Waals surface area contributed by atoms with E-state index in [9.17, 15) is 21.6 Å². The van der Waals surface area contributed by atoms with Crippen LogP contribution in [0.5, 0.6) is 5.75 Å². The van der Waals surface area contributed by atoms with Gasteiger partial charge in [-0.2, -0.15) is 0 Å². The third-order valence-electron chi connectivity index (χ3n) is 5.52. The molecule has 0 atom stereocenters. The summed E-state index contributed by atoms with van der Waals surface area (Å²) in [4.78, 5) is 12.9. The number of methoxy groups -OCH3 is 1. The van der Waals surface area contributed by atoms with Gasteiger partial charge in [-0.15, -0.1) is 0 Å². The van der Waals surface area contributed by atoms with E-state index < -0.39 is 32.5 Å². The molecular weight excluding hydrogens is 562 g/mol. The van der Waals surface area contributed by atoms with Crippen LogP contribution in [0.2, 0.25) is 5.02 Å². The third kappa shape index (κ3) is 6.88. The van der Waals surface area contributed by atoms with E-state index >= 15 is 0 Å². The minimum absolute atomic E-state index is 0.00535. The second-order valence-electron chi connectivity index (χ2n) is 8.21. The number of carbonyl (C=O) groups excluding carboxylic acids is 1. The molecule has 0 aliphatic rings. The molecule has 4 aromatic carbocycles. The first-order valence-corrected chi connectivity index (χ1v) is 14.8. The molecule has 2 N–H and O–H groups in total. The fraction of sp³-hybridized carbons (Fsp3) is 0.0741. The summed E-state index contributed by atoms with van der Waals surface area (Å²) in [6.45, 7) is -0.550. The highest BCUT2D eigenvalue weighted by molar-refractivity contribution is 7.93. The van der Waals surface area contributed by atoms with E-state index in [1.165, 1.54) is 79.9 Å². The monoisotopic (exact) mass is 585 g/mol. The van der Waals surface area contributed by atoms with Gasteiger partial charge in [0, 0.05) is 16.4 Å². The van der Waals surface area contributed by atoms with E-state index in [1.807, 2.05) is 0 Å². The number of anilines is 3. The third-order valence-corrected chi connectivity index (χ3v) is 8.96. The van der Waals surface area contributed by atoms with E-state index in [1.54, 1.807) is 30.3 Å². The van der Waals surface area contributed by atoms with Crippen LogP contribution in [0.1, 0.15) is 0 Å². The number of nitrogens with one attached hydrogen (secondary N) is 2. The topological polar surface area (TPSA) is 122 Å². The zero-order chi connectivity index (χ0) is 28.0. The van der Waals surface area contributed by atoms with Gasteiger partial charge < -0.3 is 10.1 Å². The van der Waals surface area contributed by atoms with Gasteiger partial charge in [0.15, 0.2) is 0 Å². The maximum atomic E-state index is 13.5. The van der Waals surface area contributed by atoms with E-state index in [2.05, 4.69) is 10.0 Å². The van der Waals surface area contributed by atoms with Gasteiger partial charge >= 0.3 is 0 Å². The van der Waals surface area contributed by atoms with E-state index in [4.69, 9.17) is 16.3 Å². The maximum absolute atomic E-state index is 13.5. The summed E-state index contributed by atoms with van der Waals surface area (Å²) in [6.07, 6.45) is 0. The van der Waals surface area contributed by atoms with Crippen molar-refractivity contribution in [3.63, 3.8) is 0 Å². The summed E-state index contributed by atoms with van der Waals surface area (Å²) in [5, 5.41) is 3.02. The molecule has 0 bridgehead atoms. The Balaban J connectivity index is 1.53. The number of rotatable bonds is 10. The molecule has 4 rings (SSSR count). The lowest BCUT2D eigenvalue weighted by atomic mass is 10.3. The van der Waals surface area contributed by atoms with Crippen molar-refractivity contribution in [2.45, 2.75) is 9.79 Å². The lowest BCUT2D eigenvalue weighted by molar-refractivity contribution is -0.114. The molecule has 0 fully saturated rings. The van der Waals surface area contributed by atoms with Crippen LogP contribution < -0.4 is 19.1 Å². The quantitative estimate of drug-likeness (QED) is 0.271. The van der Waals surface area contributed by atoms with Gasteiger partial charge in [-0.1, -0.05) is 29.8 Å². The van der Waals surface area contributed by atoms with Gasteiger partial charge in [-0.3, -0.25) is 13.8 Å². The highest BCUT2D eigenvalue weighted by atomic mass is 35.5. The van der Waals surface area contributed by atoms with Crippen LogP contribution in [-0.4, -0.2) is 36.4 Å². The predicted octanol–water partition coefficient (Wildman–Crippen LogP) is 4.98. The molecular formula is C27H24ClN3O6S2. The number of sulfonamides is 2. The molecule has 0 aliphatic heterocycles. The van der Waals surface area contributed by atoms with Crippen LogP contribution in [0.3, 0.4) is 0 Å². The van der Waals surface area contributed by atoms with Crippen molar-refractivity contribution in [1.82, 2.24) is 0 Å². The summed E-state index contributed by atoms with van der Waals surface area (Å²) in [5.41, 5.74) is 0.936. The number of carbonyl (C=O) groups is 1. The molecule has 0 spiro atoms. The van der Waals surface area contributed by atoms with Gasteiger partial charge in [-0.25, -0.2) is 16.8 Å². The fourth-order valence-electron chi connectivity index (χ4n) is 3.57. The lowest BCUT2D eigenvalue weighted by Gasteiger charge is -2.24. The average molecular weight is 586 g/mol. The van der Waals surface area contributed by atoms with Gasteiger partial charge in [0.05, 0.1) is 22.6 Å². The number of ether oxygens (including phenoxy) is 1. The maximum Gasteiger partial charge on any atom is 0.264 e. The zero-order valence-corrected chi connectivity index (χ0v) is 23.0. The van der Waals surface area contributed by atoms with Gasteiger partial charge in [-0.05, 0) is 84.9 Å². The second kappa shape index (κ2) is 11.8. The highest BCUT2D eigenvalue weighted by Gasteiger charge is 2.27. The van der Waals surface area contributed by atoms with Crippen LogP contribution >= 0.6 is 11.6 Å². The molecule has 4 aromatic rings. The minimum atomic E-state index is -4.15. The molecule has 0 radical (unpaired) electrons. The summed E-state index contributed by atoms with van der Waals surface area (Å²) in [6, 6.07) is 25.8. The molecule has 1 amide bonds. The summed E-state index contributed by atoms with van der Waals surface area (Å²) in [5.74, 6) is -0.158. The molecule has 0 heterocycles. The molecule has 0 aromatic heterocycles. The largest absolute Gasteiger partial charge is 0.497 e. The Labute approximate surface area is 232 Å². The predicted molar refractivity (Wildman–Crippen MR) is 151 cm³/mol. The van der Waals surface area contributed by atoms with Crippen LogP contribution in [0, 0.1) is 0 Å². The Bertz CT molecular complexity index is 1650. The molecule has 0 saturated heterocycles.